The standard InChI is InChI=1S/C26H44N2O2/c1-23(2)13-21(29)14-24(3,4)27(23)17-19-9-11-20(12-10-19)18-28-25(5,6)15-22(30)16-26(28,7)8/h9-12,21-22,29-30H,13-18H2,1-8H3. The summed E-state index contributed by atoms with van der Waals surface area (Å²) in [7, 11) is 0. The van der Waals surface area contributed by atoms with Gasteiger partial charge in [0.15, 0.2) is 0 Å². The Morgan fingerprint density at radius 2 is 0.833 bits per heavy atom. The Kier molecular flexibility index (Phi) is 6.23. The first-order valence-electron chi connectivity index (χ1n) is 11.6. The number of aliphatic hydroxyl groups excluding tert-OH is 2. The van der Waals surface area contributed by atoms with Crippen LogP contribution in [0.1, 0.15) is 92.2 Å². The smallest absolute Gasteiger partial charge is 0.0575 e. The Balaban J connectivity index is 1.74. The maximum absolute atomic E-state index is 10.3. The minimum absolute atomic E-state index is 0.0253. The van der Waals surface area contributed by atoms with E-state index in [1.165, 1.54) is 11.1 Å². The molecule has 0 aromatic heterocycles. The molecule has 4 heteroatoms. The number of hydrogen-bond acceptors (Lipinski definition) is 4. The zero-order valence-corrected chi connectivity index (χ0v) is 20.5. The molecule has 0 bridgehead atoms. The third kappa shape index (κ3) is 4.93. The van der Waals surface area contributed by atoms with Crippen molar-refractivity contribution in [3.63, 3.8) is 0 Å². The fraction of sp³-hybridized carbons (Fsp3) is 0.769. The number of aliphatic hydroxyl groups is 2. The second-order valence-corrected chi connectivity index (χ2v) is 12.4. The van der Waals surface area contributed by atoms with Gasteiger partial charge in [-0.15, -0.1) is 0 Å². The summed E-state index contributed by atoms with van der Waals surface area (Å²) in [6.45, 7) is 19.8. The Morgan fingerprint density at radius 3 is 1.07 bits per heavy atom. The highest BCUT2D eigenvalue weighted by Gasteiger charge is 2.45. The van der Waals surface area contributed by atoms with Gasteiger partial charge in [-0.25, -0.2) is 0 Å². The molecule has 0 saturated carbocycles. The molecule has 0 unspecified atom stereocenters. The highest BCUT2D eigenvalue weighted by molar-refractivity contribution is 5.24. The first-order valence-corrected chi connectivity index (χ1v) is 11.6. The molecule has 2 N–H and O–H groups in total. The molecular weight excluding hydrogens is 372 g/mol. The van der Waals surface area contributed by atoms with Crippen molar-refractivity contribution < 1.29 is 10.2 Å². The highest BCUT2D eigenvalue weighted by Crippen LogP contribution is 2.41. The van der Waals surface area contributed by atoms with Crippen molar-refractivity contribution in [1.82, 2.24) is 9.80 Å². The van der Waals surface area contributed by atoms with E-state index in [0.717, 1.165) is 38.8 Å². The third-order valence-electron chi connectivity index (χ3n) is 7.57. The summed E-state index contributed by atoms with van der Waals surface area (Å²) in [4.78, 5) is 5.11. The monoisotopic (exact) mass is 416 g/mol. The first-order chi connectivity index (χ1) is 13.6. The number of piperidine rings is 2. The lowest BCUT2D eigenvalue weighted by molar-refractivity contribution is -0.0869. The summed E-state index contributed by atoms with van der Waals surface area (Å²) in [6, 6.07) is 9.08. The summed E-state index contributed by atoms with van der Waals surface area (Å²) in [5.41, 5.74) is 2.54. The van der Waals surface area contributed by atoms with Crippen LogP contribution in [0.15, 0.2) is 24.3 Å². The van der Waals surface area contributed by atoms with E-state index in [9.17, 15) is 10.2 Å². The van der Waals surface area contributed by atoms with Crippen LogP contribution in [-0.4, -0.2) is 54.4 Å². The average molecular weight is 417 g/mol. The predicted molar refractivity (Wildman–Crippen MR) is 124 cm³/mol. The highest BCUT2D eigenvalue weighted by atomic mass is 16.3. The molecular formula is C26H44N2O2. The van der Waals surface area contributed by atoms with Crippen molar-refractivity contribution >= 4 is 0 Å². The van der Waals surface area contributed by atoms with E-state index < -0.39 is 0 Å². The second kappa shape index (κ2) is 7.88. The van der Waals surface area contributed by atoms with E-state index in [1.807, 2.05) is 0 Å². The third-order valence-corrected chi connectivity index (χ3v) is 7.57. The van der Waals surface area contributed by atoms with Gasteiger partial charge in [0.25, 0.3) is 0 Å². The van der Waals surface area contributed by atoms with Crippen molar-refractivity contribution in [1.29, 1.82) is 0 Å². The number of rotatable bonds is 4. The lowest BCUT2D eigenvalue weighted by Gasteiger charge is -2.54. The molecule has 0 atom stereocenters. The van der Waals surface area contributed by atoms with Gasteiger partial charge in [-0.1, -0.05) is 24.3 Å². The second-order valence-electron chi connectivity index (χ2n) is 12.4. The van der Waals surface area contributed by atoms with Crippen LogP contribution in [0.5, 0.6) is 0 Å². The zero-order chi connectivity index (χ0) is 22.5. The van der Waals surface area contributed by atoms with E-state index in [-0.39, 0.29) is 34.4 Å². The van der Waals surface area contributed by atoms with Gasteiger partial charge in [0.1, 0.15) is 0 Å². The molecule has 1 aromatic rings. The summed E-state index contributed by atoms with van der Waals surface area (Å²) in [5.74, 6) is 0. The van der Waals surface area contributed by atoms with E-state index >= 15 is 0 Å². The predicted octanol–water partition coefficient (Wildman–Crippen LogP) is 4.71. The molecule has 170 valence electrons. The van der Waals surface area contributed by atoms with Crippen LogP contribution in [-0.2, 0) is 13.1 Å². The maximum atomic E-state index is 10.3. The Bertz CT molecular complexity index is 637. The molecule has 2 aliphatic heterocycles. The minimum Gasteiger partial charge on any atom is -0.393 e. The zero-order valence-electron chi connectivity index (χ0n) is 20.5. The average Bonchev–Trinajstić information content (AvgIpc) is 2.53. The van der Waals surface area contributed by atoms with Crippen LogP contribution in [0.25, 0.3) is 0 Å². The summed E-state index contributed by atoms with van der Waals surface area (Å²) in [5, 5.41) is 20.6. The van der Waals surface area contributed by atoms with Crippen LogP contribution in [0.4, 0.5) is 0 Å². The molecule has 0 aliphatic carbocycles. The van der Waals surface area contributed by atoms with Crippen molar-refractivity contribution in [2.24, 2.45) is 0 Å². The summed E-state index contributed by atoms with van der Waals surface area (Å²) >= 11 is 0. The Hall–Kier alpha value is -0.940. The molecule has 2 fully saturated rings. The summed E-state index contributed by atoms with van der Waals surface area (Å²) < 4.78 is 0. The molecule has 4 nitrogen and oxygen atoms in total. The van der Waals surface area contributed by atoms with Gasteiger partial charge in [-0.05, 0) is 92.2 Å². The number of likely N-dealkylation sites (tertiary alicyclic amines) is 2. The fourth-order valence-electron chi connectivity index (χ4n) is 6.50. The van der Waals surface area contributed by atoms with Crippen molar-refractivity contribution in [3.8, 4) is 0 Å². The van der Waals surface area contributed by atoms with Gasteiger partial charge < -0.3 is 10.2 Å². The van der Waals surface area contributed by atoms with Gasteiger partial charge in [0, 0.05) is 35.2 Å². The molecule has 0 amide bonds. The minimum atomic E-state index is -0.219. The molecule has 0 radical (unpaired) electrons. The lowest BCUT2D eigenvalue weighted by Crippen LogP contribution is -2.61. The van der Waals surface area contributed by atoms with E-state index in [0.29, 0.717) is 0 Å². The molecule has 0 spiro atoms. The molecule has 2 aliphatic rings. The Labute approximate surface area is 184 Å². The maximum Gasteiger partial charge on any atom is 0.0575 e. The summed E-state index contributed by atoms with van der Waals surface area (Å²) in [6.07, 6.45) is 2.84. The molecule has 1 aromatic carbocycles. The number of benzene rings is 1. The van der Waals surface area contributed by atoms with Gasteiger partial charge in [0.05, 0.1) is 12.2 Å². The Morgan fingerprint density at radius 1 is 0.600 bits per heavy atom. The van der Waals surface area contributed by atoms with E-state index in [2.05, 4.69) is 89.5 Å². The lowest BCUT2D eigenvalue weighted by atomic mass is 9.77. The van der Waals surface area contributed by atoms with Crippen molar-refractivity contribution in [3.05, 3.63) is 35.4 Å². The number of nitrogens with zero attached hydrogens (tertiary/aromatic N) is 2. The van der Waals surface area contributed by atoms with E-state index in [1.54, 1.807) is 0 Å². The molecule has 3 rings (SSSR count). The topological polar surface area (TPSA) is 46.9 Å². The number of hydrogen-bond donors (Lipinski definition) is 2. The molecule has 2 saturated heterocycles. The van der Waals surface area contributed by atoms with Gasteiger partial charge >= 0.3 is 0 Å². The molecule has 2 heterocycles. The van der Waals surface area contributed by atoms with Crippen molar-refractivity contribution in [2.75, 3.05) is 0 Å². The fourth-order valence-corrected chi connectivity index (χ4v) is 6.50. The van der Waals surface area contributed by atoms with Crippen LogP contribution in [0.2, 0.25) is 0 Å². The van der Waals surface area contributed by atoms with Crippen LogP contribution in [0, 0.1) is 0 Å². The SMILES string of the molecule is CC1(C)CC(O)CC(C)(C)N1Cc1ccc(CN2C(C)(C)CC(O)CC2(C)C)cc1. The first kappa shape index (κ1) is 23.7. The van der Waals surface area contributed by atoms with Gasteiger partial charge in [0.2, 0.25) is 0 Å². The quantitative estimate of drug-likeness (QED) is 0.746. The van der Waals surface area contributed by atoms with Crippen LogP contribution < -0.4 is 0 Å². The largest absolute Gasteiger partial charge is 0.393 e. The van der Waals surface area contributed by atoms with Crippen molar-refractivity contribution in [2.45, 2.75) is 129 Å². The van der Waals surface area contributed by atoms with Gasteiger partial charge in [-0.2, -0.15) is 0 Å². The van der Waals surface area contributed by atoms with E-state index in [4.69, 9.17) is 0 Å². The van der Waals surface area contributed by atoms with Gasteiger partial charge in [-0.3, -0.25) is 9.80 Å². The normalized spacial score (nSPS) is 27.3. The molecule has 30 heavy (non-hydrogen) atoms. The van der Waals surface area contributed by atoms with Crippen LogP contribution >= 0.6 is 0 Å². The van der Waals surface area contributed by atoms with Crippen LogP contribution in [0.3, 0.4) is 0 Å².